The minimum Gasteiger partial charge on any atom is -0.493 e. The number of rotatable bonds is 5. The average molecular weight is 243 g/mol. The normalized spacial score (nSPS) is 11.1. The fraction of sp³-hybridized carbons (Fsp3) is 0.375. The summed E-state index contributed by atoms with van der Waals surface area (Å²) < 4.78 is 5.92. The van der Waals surface area contributed by atoms with Gasteiger partial charge in [0, 0.05) is 12.1 Å². The monoisotopic (exact) mass is 243 g/mol. The number of ether oxygens (including phenoxy) is 1. The van der Waals surface area contributed by atoms with Crippen molar-refractivity contribution in [3.05, 3.63) is 42.0 Å². The minimum atomic E-state index is 0.765. The van der Waals surface area contributed by atoms with E-state index in [9.17, 15) is 0 Å². The molecular formula is C16H21NO. The van der Waals surface area contributed by atoms with Crippen molar-refractivity contribution in [2.75, 3.05) is 27.2 Å². The lowest BCUT2D eigenvalue weighted by Crippen LogP contribution is -2.15. The molecule has 0 aromatic carbocycles. The highest BCUT2D eigenvalue weighted by atomic mass is 16.5. The lowest BCUT2D eigenvalue weighted by atomic mass is 10.1. The highest BCUT2D eigenvalue weighted by Crippen LogP contribution is 2.34. The van der Waals surface area contributed by atoms with Crippen LogP contribution < -0.4 is 4.74 Å². The largest absolute Gasteiger partial charge is 0.493 e. The Morgan fingerprint density at radius 2 is 1.78 bits per heavy atom. The molecule has 0 unspecified atom stereocenters. The van der Waals surface area contributed by atoms with Crippen LogP contribution in [0.1, 0.15) is 12.0 Å². The van der Waals surface area contributed by atoms with Gasteiger partial charge in [-0.05, 0) is 44.6 Å². The molecule has 0 fully saturated rings. The van der Waals surface area contributed by atoms with E-state index in [0.29, 0.717) is 0 Å². The molecule has 0 radical (unpaired) electrons. The van der Waals surface area contributed by atoms with Gasteiger partial charge in [-0.15, -0.1) is 0 Å². The molecule has 0 aromatic rings. The van der Waals surface area contributed by atoms with E-state index in [1.165, 1.54) is 16.7 Å². The minimum absolute atomic E-state index is 0.765. The summed E-state index contributed by atoms with van der Waals surface area (Å²) in [5.41, 5.74) is 3.80. The maximum absolute atomic E-state index is 5.92. The first-order valence-corrected chi connectivity index (χ1v) is 6.44. The van der Waals surface area contributed by atoms with Gasteiger partial charge in [0.05, 0.1) is 6.61 Å². The Balaban J connectivity index is 2.07. The van der Waals surface area contributed by atoms with Gasteiger partial charge in [-0.3, -0.25) is 0 Å². The van der Waals surface area contributed by atoms with Gasteiger partial charge >= 0.3 is 0 Å². The molecule has 18 heavy (non-hydrogen) atoms. The maximum Gasteiger partial charge on any atom is 0.127 e. The molecule has 0 N–H and O–H groups in total. The third-order valence-corrected chi connectivity index (χ3v) is 3.11. The van der Waals surface area contributed by atoms with Gasteiger partial charge in [-0.1, -0.05) is 30.3 Å². The van der Waals surface area contributed by atoms with Crippen molar-refractivity contribution in [3.63, 3.8) is 0 Å². The number of nitrogens with zero attached hydrogens (tertiary/aromatic N) is 1. The second-order valence-electron chi connectivity index (χ2n) is 4.93. The third kappa shape index (κ3) is 3.02. The SMILES string of the molecule is Cc1ccc2c(OCCCN(C)C)ccccc1-2. The molecule has 0 heterocycles. The van der Waals surface area contributed by atoms with Crippen LogP contribution in [0.25, 0.3) is 11.1 Å². The van der Waals surface area contributed by atoms with Gasteiger partial charge in [0.25, 0.3) is 0 Å². The molecule has 0 saturated carbocycles. The Morgan fingerprint density at radius 1 is 1.00 bits per heavy atom. The van der Waals surface area contributed by atoms with Gasteiger partial charge < -0.3 is 9.64 Å². The van der Waals surface area contributed by atoms with Gasteiger partial charge in [0.1, 0.15) is 5.75 Å². The van der Waals surface area contributed by atoms with Crippen LogP contribution in [-0.2, 0) is 0 Å². The van der Waals surface area contributed by atoms with Crippen LogP contribution in [0.5, 0.6) is 5.75 Å². The van der Waals surface area contributed by atoms with E-state index < -0.39 is 0 Å². The topological polar surface area (TPSA) is 12.5 Å². The standard InChI is InChI=1S/C16H21NO/c1-13-9-10-15-14(13)7-4-5-8-16(15)18-12-6-11-17(2)3/h4-5,7-10H,6,11-12H2,1-3H3. The van der Waals surface area contributed by atoms with Gasteiger partial charge in [0.15, 0.2) is 0 Å². The molecule has 0 spiro atoms. The van der Waals surface area contributed by atoms with Crippen LogP contribution in [0.3, 0.4) is 0 Å². The van der Waals surface area contributed by atoms with E-state index in [4.69, 9.17) is 4.74 Å². The first-order valence-electron chi connectivity index (χ1n) is 6.44. The Bertz CT molecular complexity index is 479. The first kappa shape index (κ1) is 12.9. The van der Waals surface area contributed by atoms with Crippen LogP contribution in [0.4, 0.5) is 0 Å². The van der Waals surface area contributed by atoms with E-state index in [1.807, 2.05) is 6.07 Å². The zero-order valence-corrected chi connectivity index (χ0v) is 11.4. The number of fused-ring (bicyclic) bond motifs is 1. The molecule has 0 amide bonds. The quantitative estimate of drug-likeness (QED) is 0.746. The van der Waals surface area contributed by atoms with Crippen molar-refractivity contribution in [1.29, 1.82) is 0 Å². The van der Waals surface area contributed by atoms with Crippen molar-refractivity contribution in [3.8, 4) is 16.9 Å². The summed E-state index contributed by atoms with van der Waals surface area (Å²) in [5, 5.41) is 0. The summed E-state index contributed by atoms with van der Waals surface area (Å²) in [5.74, 6) is 0.988. The number of hydrogen-bond acceptors (Lipinski definition) is 2. The second kappa shape index (κ2) is 5.87. The van der Waals surface area contributed by atoms with E-state index in [0.717, 1.165) is 25.3 Å². The second-order valence-corrected chi connectivity index (χ2v) is 4.93. The first-order chi connectivity index (χ1) is 8.68. The highest BCUT2D eigenvalue weighted by Gasteiger charge is 2.10. The maximum atomic E-state index is 5.92. The van der Waals surface area contributed by atoms with Crippen molar-refractivity contribution >= 4 is 0 Å². The molecule has 96 valence electrons. The van der Waals surface area contributed by atoms with Crippen molar-refractivity contribution in [2.45, 2.75) is 13.3 Å². The summed E-state index contributed by atoms with van der Waals surface area (Å²) in [6.07, 6.45) is 1.05. The molecule has 0 bridgehead atoms. The lowest BCUT2D eigenvalue weighted by molar-refractivity contribution is 0.282. The molecule has 2 heteroatoms. The molecule has 2 rings (SSSR count). The molecule has 2 aliphatic carbocycles. The Morgan fingerprint density at radius 3 is 2.56 bits per heavy atom. The van der Waals surface area contributed by atoms with E-state index in [1.54, 1.807) is 0 Å². The van der Waals surface area contributed by atoms with Crippen molar-refractivity contribution < 1.29 is 4.74 Å². The lowest BCUT2D eigenvalue weighted by Gasteiger charge is -2.11. The molecular weight excluding hydrogens is 222 g/mol. The molecule has 0 aromatic heterocycles. The number of aryl methyl sites for hydroxylation is 1. The molecule has 0 saturated heterocycles. The molecule has 0 atom stereocenters. The summed E-state index contributed by atoms with van der Waals surface area (Å²) in [7, 11) is 4.17. The van der Waals surface area contributed by atoms with Gasteiger partial charge in [-0.2, -0.15) is 0 Å². The van der Waals surface area contributed by atoms with E-state index >= 15 is 0 Å². The average Bonchev–Trinajstić information content (AvgIpc) is 2.58. The molecule has 0 aliphatic heterocycles. The Hall–Kier alpha value is -1.54. The Labute approximate surface area is 110 Å². The fourth-order valence-corrected chi connectivity index (χ4v) is 2.11. The van der Waals surface area contributed by atoms with Crippen LogP contribution in [0.15, 0.2) is 36.4 Å². The van der Waals surface area contributed by atoms with Crippen LogP contribution in [-0.4, -0.2) is 32.1 Å². The smallest absolute Gasteiger partial charge is 0.127 e. The van der Waals surface area contributed by atoms with Gasteiger partial charge in [-0.25, -0.2) is 0 Å². The summed E-state index contributed by atoms with van der Waals surface area (Å²) in [6.45, 7) is 3.96. The van der Waals surface area contributed by atoms with Crippen LogP contribution in [0, 0.1) is 6.92 Å². The highest BCUT2D eigenvalue weighted by molar-refractivity contribution is 5.75. The van der Waals surface area contributed by atoms with Gasteiger partial charge in [0.2, 0.25) is 0 Å². The predicted octanol–water partition coefficient (Wildman–Crippen LogP) is 3.43. The van der Waals surface area contributed by atoms with Crippen molar-refractivity contribution in [2.24, 2.45) is 0 Å². The van der Waals surface area contributed by atoms with Crippen molar-refractivity contribution in [1.82, 2.24) is 4.90 Å². The Kier molecular flexibility index (Phi) is 4.21. The molecule has 2 aliphatic rings. The zero-order chi connectivity index (χ0) is 13.0. The summed E-state index contributed by atoms with van der Waals surface area (Å²) in [4.78, 5) is 2.18. The molecule has 2 nitrogen and oxygen atoms in total. The zero-order valence-electron chi connectivity index (χ0n) is 11.4. The van der Waals surface area contributed by atoms with Crippen LogP contribution >= 0.6 is 0 Å². The van der Waals surface area contributed by atoms with Crippen LogP contribution in [0.2, 0.25) is 0 Å². The summed E-state index contributed by atoms with van der Waals surface area (Å²) in [6, 6.07) is 12.6. The van der Waals surface area contributed by atoms with E-state index in [2.05, 4.69) is 56.3 Å². The number of hydrogen-bond donors (Lipinski definition) is 0. The fourth-order valence-electron chi connectivity index (χ4n) is 2.11. The van der Waals surface area contributed by atoms with E-state index in [-0.39, 0.29) is 0 Å². The summed E-state index contributed by atoms with van der Waals surface area (Å²) >= 11 is 0. The third-order valence-electron chi connectivity index (χ3n) is 3.11. The predicted molar refractivity (Wildman–Crippen MR) is 76.5 cm³/mol.